The number of piperazine rings is 1. The third-order valence-corrected chi connectivity index (χ3v) is 5.99. The van der Waals surface area contributed by atoms with Crippen LogP contribution in [-0.2, 0) is 16.0 Å². The Hall–Kier alpha value is -2.54. The van der Waals surface area contributed by atoms with E-state index in [1.807, 2.05) is 11.9 Å². The lowest BCUT2D eigenvalue weighted by atomic mass is 10.1. The molecule has 0 spiro atoms. The number of nitrogens with one attached hydrogen (secondary N) is 2. The molecule has 3 heterocycles. The number of benzene rings is 1. The van der Waals surface area contributed by atoms with E-state index in [2.05, 4.69) is 51.4 Å². The van der Waals surface area contributed by atoms with Gasteiger partial charge in [0.15, 0.2) is 5.96 Å². The highest BCUT2D eigenvalue weighted by atomic mass is 16.5. The van der Waals surface area contributed by atoms with E-state index in [-0.39, 0.29) is 12.0 Å². The second-order valence-corrected chi connectivity index (χ2v) is 7.81. The molecule has 1 amide bonds. The third-order valence-electron chi connectivity index (χ3n) is 5.99. The van der Waals surface area contributed by atoms with Crippen LogP contribution in [0.3, 0.4) is 0 Å². The molecule has 2 N–H and O–H groups in total. The maximum absolute atomic E-state index is 12.5. The Balaban J connectivity index is 1.29. The fourth-order valence-corrected chi connectivity index (χ4v) is 4.40. The zero-order chi connectivity index (χ0) is 20.2. The number of hydrogen-bond donors (Lipinski definition) is 2. The van der Waals surface area contributed by atoms with Crippen LogP contribution in [0, 0.1) is 6.92 Å². The number of aryl methyl sites for hydroxylation is 1. The van der Waals surface area contributed by atoms with Crippen LogP contribution in [0.5, 0.6) is 0 Å². The highest BCUT2D eigenvalue weighted by Crippen LogP contribution is 2.22. The van der Waals surface area contributed by atoms with Gasteiger partial charge < -0.3 is 24.8 Å². The van der Waals surface area contributed by atoms with Crippen molar-refractivity contribution in [3.8, 4) is 0 Å². The molecule has 0 bridgehead atoms. The molecule has 0 aliphatic carbocycles. The standard InChI is InChI=1S/C22H31N5O2/c1-16-17(18-6-3-4-7-19(18)25-16)9-10-24-22(23-2)27-13-11-26(12-14-27)21(28)20-8-5-15-29-20/h3-4,6-7,20,25H,5,8-15H2,1-2H3,(H,23,24). The van der Waals surface area contributed by atoms with Crippen LogP contribution in [-0.4, -0.2) is 79.1 Å². The number of hydrogen-bond acceptors (Lipinski definition) is 3. The largest absolute Gasteiger partial charge is 0.368 e. The van der Waals surface area contributed by atoms with Gasteiger partial charge in [-0.25, -0.2) is 0 Å². The predicted octanol–water partition coefficient (Wildman–Crippen LogP) is 1.92. The zero-order valence-corrected chi connectivity index (χ0v) is 17.4. The van der Waals surface area contributed by atoms with Crippen molar-refractivity contribution in [1.29, 1.82) is 0 Å². The molecule has 29 heavy (non-hydrogen) atoms. The molecule has 1 atom stereocenters. The number of carbonyl (C=O) groups excluding carboxylic acids is 1. The van der Waals surface area contributed by atoms with Crippen molar-refractivity contribution in [3.63, 3.8) is 0 Å². The Labute approximate surface area is 172 Å². The number of guanidine groups is 1. The van der Waals surface area contributed by atoms with Gasteiger partial charge in [-0.2, -0.15) is 0 Å². The molecule has 0 radical (unpaired) electrons. The highest BCUT2D eigenvalue weighted by molar-refractivity contribution is 5.85. The smallest absolute Gasteiger partial charge is 0.251 e. The fourth-order valence-electron chi connectivity index (χ4n) is 4.40. The molecule has 2 saturated heterocycles. The van der Waals surface area contributed by atoms with Crippen molar-refractivity contribution in [1.82, 2.24) is 20.1 Å². The molecular weight excluding hydrogens is 366 g/mol. The molecule has 0 saturated carbocycles. The molecule has 1 aromatic heterocycles. The van der Waals surface area contributed by atoms with Crippen LogP contribution < -0.4 is 5.32 Å². The van der Waals surface area contributed by atoms with Crippen LogP contribution in [0.2, 0.25) is 0 Å². The summed E-state index contributed by atoms with van der Waals surface area (Å²) in [6.45, 7) is 6.71. The van der Waals surface area contributed by atoms with Crippen molar-refractivity contribution in [2.75, 3.05) is 46.4 Å². The minimum Gasteiger partial charge on any atom is -0.368 e. The Morgan fingerprint density at radius 3 is 2.72 bits per heavy atom. The van der Waals surface area contributed by atoms with Crippen LogP contribution in [0.15, 0.2) is 29.3 Å². The summed E-state index contributed by atoms with van der Waals surface area (Å²) in [4.78, 5) is 24.6. The number of aromatic amines is 1. The molecule has 2 aliphatic heterocycles. The van der Waals surface area contributed by atoms with E-state index in [4.69, 9.17) is 4.74 Å². The molecule has 2 aromatic rings. The summed E-state index contributed by atoms with van der Waals surface area (Å²) >= 11 is 0. The van der Waals surface area contributed by atoms with Crippen LogP contribution in [0.25, 0.3) is 10.9 Å². The van der Waals surface area contributed by atoms with Gasteiger partial charge in [-0.1, -0.05) is 18.2 Å². The average molecular weight is 398 g/mol. The first-order chi connectivity index (χ1) is 14.2. The second-order valence-electron chi connectivity index (χ2n) is 7.81. The molecular formula is C22H31N5O2. The van der Waals surface area contributed by atoms with Crippen LogP contribution in [0.4, 0.5) is 0 Å². The van der Waals surface area contributed by atoms with E-state index < -0.39 is 0 Å². The quantitative estimate of drug-likeness (QED) is 0.611. The maximum atomic E-state index is 12.5. The lowest BCUT2D eigenvalue weighted by Crippen LogP contribution is -2.55. The summed E-state index contributed by atoms with van der Waals surface area (Å²) in [5, 5.41) is 4.80. The lowest BCUT2D eigenvalue weighted by molar-refractivity contribution is -0.142. The van der Waals surface area contributed by atoms with Crippen LogP contribution in [0.1, 0.15) is 24.1 Å². The molecule has 2 fully saturated rings. The van der Waals surface area contributed by atoms with Crippen LogP contribution >= 0.6 is 0 Å². The van der Waals surface area contributed by atoms with E-state index >= 15 is 0 Å². The minimum absolute atomic E-state index is 0.153. The van der Waals surface area contributed by atoms with Crippen molar-refractivity contribution < 1.29 is 9.53 Å². The number of nitrogens with zero attached hydrogens (tertiary/aromatic N) is 3. The molecule has 1 aromatic carbocycles. The van der Waals surface area contributed by atoms with Crippen molar-refractivity contribution in [2.24, 2.45) is 4.99 Å². The number of fused-ring (bicyclic) bond motifs is 1. The van der Waals surface area contributed by atoms with Gasteiger partial charge in [0.2, 0.25) is 0 Å². The Kier molecular flexibility index (Phi) is 6.04. The summed E-state index contributed by atoms with van der Waals surface area (Å²) in [5.74, 6) is 1.06. The number of amides is 1. The van der Waals surface area contributed by atoms with Gasteiger partial charge in [0, 0.05) is 63.0 Å². The topological polar surface area (TPSA) is 73.0 Å². The molecule has 156 valence electrons. The fraction of sp³-hybridized carbons (Fsp3) is 0.545. The number of aliphatic imine (C=N–C) groups is 1. The lowest BCUT2D eigenvalue weighted by Gasteiger charge is -2.37. The molecule has 1 unspecified atom stereocenters. The number of aromatic nitrogens is 1. The SMILES string of the molecule is CN=C(NCCc1c(C)[nH]c2ccccc12)N1CCN(C(=O)C2CCCO2)CC1. The second kappa shape index (κ2) is 8.86. The van der Waals surface area contributed by atoms with E-state index in [0.29, 0.717) is 6.61 Å². The normalized spacial score (nSPS) is 20.5. The molecule has 4 rings (SSSR count). The summed E-state index contributed by atoms with van der Waals surface area (Å²) in [5.41, 5.74) is 3.77. The summed E-state index contributed by atoms with van der Waals surface area (Å²) in [6.07, 6.45) is 2.56. The Morgan fingerprint density at radius 2 is 2.00 bits per heavy atom. The van der Waals surface area contributed by atoms with Crippen molar-refractivity contribution in [3.05, 3.63) is 35.5 Å². The van der Waals surface area contributed by atoms with E-state index in [0.717, 1.165) is 57.9 Å². The van der Waals surface area contributed by atoms with E-state index in [1.54, 1.807) is 0 Å². The van der Waals surface area contributed by atoms with Gasteiger partial charge in [-0.05, 0) is 37.8 Å². The van der Waals surface area contributed by atoms with Gasteiger partial charge in [0.25, 0.3) is 5.91 Å². The van der Waals surface area contributed by atoms with Gasteiger partial charge in [-0.3, -0.25) is 9.79 Å². The number of rotatable bonds is 4. The Bertz CT molecular complexity index is 876. The number of H-pyrrole nitrogens is 1. The monoisotopic (exact) mass is 397 g/mol. The third kappa shape index (κ3) is 4.24. The summed E-state index contributed by atoms with van der Waals surface area (Å²) in [6, 6.07) is 8.44. The van der Waals surface area contributed by atoms with Gasteiger partial charge in [0.05, 0.1) is 0 Å². The maximum Gasteiger partial charge on any atom is 0.251 e. The first-order valence-electron chi connectivity index (χ1n) is 10.6. The first-order valence-corrected chi connectivity index (χ1v) is 10.6. The van der Waals surface area contributed by atoms with Gasteiger partial charge >= 0.3 is 0 Å². The minimum atomic E-state index is -0.224. The molecule has 2 aliphatic rings. The summed E-state index contributed by atoms with van der Waals surface area (Å²) in [7, 11) is 1.82. The van der Waals surface area contributed by atoms with Crippen molar-refractivity contribution in [2.45, 2.75) is 32.3 Å². The van der Waals surface area contributed by atoms with E-state index in [9.17, 15) is 4.79 Å². The zero-order valence-electron chi connectivity index (χ0n) is 17.4. The highest BCUT2D eigenvalue weighted by Gasteiger charge is 2.30. The summed E-state index contributed by atoms with van der Waals surface area (Å²) < 4.78 is 5.55. The Morgan fingerprint density at radius 1 is 1.24 bits per heavy atom. The number of carbonyl (C=O) groups is 1. The first kappa shape index (κ1) is 19.8. The van der Waals surface area contributed by atoms with Crippen molar-refractivity contribution >= 4 is 22.8 Å². The predicted molar refractivity (Wildman–Crippen MR) is 115 cm³/mol. The van der Waals surface area contributed by atoms with Gasteiger partial charge in [-0.15, -0.1) is 0 Å². The number of ether oxygens (including phenoxy) is 1. The van der Waals surface area contributed by atoms with E-state index in [1.165, 1.54) is 22.2 Å². The molecule has 7 nitrogen and oxygen atoms in total. The molecule has 7 heteroatoms. The van der Waals surface area contributed by atoms with Gasteiger partial charge in [0.1, 0.15) is 6.10 Å². The average Bonchev–Trinajstić information content (AvgIpc) is 3.39. The number of para-hydroxylation sites is 1.